The molecular formula is C46H48F2N8O2. The predicted molar refractivity (Wildman–Crippen MR) is 221 cm³/mol. The van der Waals surface area contributed by atoms with Crippen molar-refractivity contribution in [3.63, 3.8) is 0 Å². The number of imidazole rings is 2. The predicted octanol–water partition coefficient (Wildman–Crippen LogP) is 8.06. The van der Waals surface area contributed by atoms with Gasteiger partial charge in [0.05, 0.1) is 49.0 Å². The smallest absolute Gasteiger partial charge is 0.245 e. The maximum Gasteiger partial charge on any atom is 0.245 e. The molecule has 0 aliphatic carbocycles. The number of likely N-dealkylation sites (N-methyl/N-ethyl adjacent to an activating group) is 2. The highest BCUT2D eigenvalue weighted by molar-refractivity contribution is 5.85. The van der Waals surface area contributed by atoms with E-state index in [1.807, 2.05) is 123 Å². The lowest BCUT2D eigenvalue weighted by Crippen LogP contribution is -2.41. The molecule has 4 N–H and O–H groups in total. The molecule has 4 aromatic carbocycles. The summed E-state index contributed by atoms with van der Waals surface area (Å²) >= 11 is 0. The number of aromatic amines is 2. The molecule has 8 rings (SSSR count). The first-order valence-corrected chi connectivity index (χ1v) is 20.1. The average molecular weight is 783 g/mol. The van der Waals surface area contributed by atoms with Crippen LogP contribution in [0.1, 0.15) is 73.6 Å². The second kappa shape index (κ2) is 17.3. The van der Waals surface area contributed by atoms with E-state index in [0.717, 1.165) is 44.8 Å². The fourth-order valence-electron chi connectivity index (χ4n) is 8.29. The first-order chi connectivity index (χ1) is 28.3. The number of rotatable bonds is 13. The van der Waals surface area contributed by atoms with Crippen LogP contribution in [0.15, 0.2) is 122 Å². The van der Waals surface area contributed by atoms with Crippen LogP contribution in [0.3, 0.4) is 0 Å². The van der Waals surface area contributed by atoms with E-state index in [0.29, 0.717) is 24.7 Å². The van der Waals surface area contributed by atoms with E-state index in [9.17, 15) is 18.4 Å². The molecule has 58 heavy (non-hydrogen) atoms. The Balaban J connectivity index is 0.940. The molecule has 10 nitrogen and oxygen atoms in total. The molecule has 12 heteroatoms. The molecule has 2 saturated heterocycles. The molecule has 2 aliphatic heterocycles. The third-order valence-electron chi connectivity index (χ3n) is 11.2. The zero-order chi connectivity index (χ0) is 40.2. The van der Waals surface area contributed by atoms with Crippen LogP contribution in [0.25, 0.3) is 33.6 Å². The third-order valence-corrected chi connectivity index (χ3v) is 11.2. The monoisotopic (exact) mass is 782 g/mol. The number of nitrogens with zero attached hydrogens (tertiary/aromatic N) is 4. The number of hydrogen-bond acceptors (Lipinski definition) is 6. The number of carbonyl (C=O) groups is 2. The number of amides is 2. The van der Waals surface area contributed by atoms with Crippen molar-refractivity contribution in [1.82, 2.24) is 40.4 Å². The number of alkyl halides is 2. The van der Waals surface area contributed by atoms with Gasteiger partial charge in [-0.15, -0.1) is 0 Å². The highest BCUT2D eigenvalue weighted by Gasteiger charge is 2.42. The molecule has 2 fully saturated rings. The van der Waals surface area contributed by atoms with Gasteiger partial charge in [0.1, 0.15) is 36.1 Å². The molecule has 0 bridgehead atoms. The molecule has 2 aliphatic rings. The second-order valence-corrected chi connectivity index (χ2v) is 15.0. The van der Waals surface area contributed by atoms with Crippen LogP contribution in [0, 0.1) is 0 Å². The number of H-pyrrole nitrogens is 2. The highest BCUT2D eigenvalue weighted by atomic mass is 19.1. The topological polar surface area (TPSA) is 122 Å². The lowest BCUT2D eigenvalue weighted by atomic mass is 10.0. The lowest BCUT2D eigenvalue weighted by Gasteiger charge is -2.28. The van der Waals surface area contributed by atoms with Gasteiger partial charge in [-0.1, -0.05) is 123 Å². The number of carbonyl (C=O) groups excluding carboxylic acids is 2. The van der Waals surface area contributed by atoms with Crippen LogP contribution in [0.2, 0.25) is 0 Å². The van der Waals surface area contributed by atoms with Crippen molar-refractivity contribution in [3.05, 3.63) is 144 Å². The summed E-state index contributed by atoms with van der Waals surface area (Å²) < 4.78 is 29.8. The summed E-state index contributed by atoms with van der Waals surface area (Å²) in [5.41, 5.74) is 7.13. The van der Waals surface area contributed by atoms with E-state index in [2.05, 4.69) is 30.6 Å². The summed E-state index contributed by atoms with van der Waals surface area (Å²) in [6.07, 6.45) is 1.57. The molecule has 0 radical (unpaired) electrons. The van der Waals surface area contributed by atoms with Crippen molar-refractivity contribution in [2.45, 2.75) is 63.2 Å². The van der Waals surface area contributed by atoms with Gasteiger partial charge in [0.15, 0.2) is 0 Å². The summed E-state index contributed by atoms with van der Waals surface area (Å²) in [5, 5.41) is 6.56. The Kier molecular flexibility index (Phi) is 11.6. The quantitative estimate of drug-likeness (QED) is 0.0941. The Morgan fingerprint density at radius 3 is 1.33 bits per heavy atom. The van der Waals surface area contributed by atoms with Crippen molar-refractivity contribution in [1.29, 1.82) is 0 Å². The number of benzene rings is 4. The Hall–Kier alpha value is -5.98. The van der Waals surface area contributed by atoms with E-state index in [1.165, 1.54) is 0 Å². The Labute approximate surface area is 337 Å². The maximum absolute atomic E-state index is 14.9. The van der Waals surface area contributed by atoms with Gasteiger partial charge in [-0.3, -0.25) is 9.59 Å². The molecule has 0 spiro atoms. The van der Waals surface area contributed by atoms with Crippen LogP contribution in [-0.2, 0) is 9.59 Å². The summed E-state index contributed by atoms with van der Waals surface area (Å²) in [5.74, 6) is 0.795. The summed E-state index contributed by atoms with van der Waals surface area (Å²) in [6, 6.07) is 33.1. The van der Waals surface area contributed by atoms with E-state index in [4.69, 9.17) is 0 Å². The standard InChI is InChI=1S/C46H48F2N8O2/c1-3-49-41(33-11-7-5-8-12-33)45(57)55-27-35(47)23-39(55)43-51-25-37(53-43)31-19-15-29(16-20-31)30-17-21-32(22-18-30)38-26-52-44(54-38)40-24-36(48)28-56(40)46(58)42(50-4-2)34-13-9-6-10-14-34/h5-22,25-26,35-36,39-42,49-50H,3-4,23-24,27-28H2,1-2H3,(H,51,53)(H,52,54)/t35-,36-,39-,40-,41+,42+/m0/s1. The van der Waals surface area contributed by atoms with Crippen molar-refractivity contribution >= 4 is 11.8 Å². The number of aromatic nitrogens is 4. The number of likely N-dealkylation sites (tertiary alicyclic amines) is 2. The minimum atomic E-state index is -1.14. The van der Waals surface area contributed by atoms with E-state index in [-0.39, 0.29) is 37.7 Å². The average Bonchev–Trinajstić information content (AvgIpc) is 4.09. The molecule has 0 unspecified atom stereocenters. The van der Waals surface area contributed by atoms with Crippen LogP contribution in [-0.4, -0.2) is 80.1 Å². The van der Waals surface area contributed by atoms with Gasteiger partial charge < -0.3 is 30.4 Å². The van der Waals surface area contributed by atoms with Crippen molar-refractivity contribution in [2.75, 3.05) is 26.2 Å². The molecule has 0 saturated carbocycles. The molecule has 6 aromatic rings. The Morgan fingerprint density at radius 1 is 0.603 bits per heavy atom. The van der Waals surface area contributed by atoms with E-state index >= 15 is 0 Å². The maximum atomic E-state index is 14.9. The molecule has 6 atom stereocenters. The number of halogens is 2. The van der Waals surface area contributed by atoms with Crippen LogP contribution < -0.4 is 10.6 Å². The largest absolute Gasteiger partial charge is 0.340 e. The van der Waals surface area contributed by atoms with E-state index < -0.39 is 36.5 Å². The second-order valence-electron chi connectivity index (χ2n) is 15.0. The van der Waals surface area contributed by atoms with E-state index in [1.54, 1.807) is 22.2 Å². The van der Waals surface area contributed by atoms with Gasteiger partial charge in [-0.25, -0.2) is 18.7 Å². The third kappa shape index (κ3) is 8.07. The summed E-state index contributed by atoms with van der Waals surface area (Å²) in [4.78, 5) is 46.9. The molecule has 4 heterocycles. The normalized spacial score (nSPS) is 20.3. The van der Waals surface area contributed by atoms with Gasteiger partial charge in [0.25, 0.3) is 0 Å². The zero-order valence-corrected chi connectivity index (χ0v) is 32.6. The van der Waals surface area contributed by atoms with Crippen LogP contribution >= 0.6 is 0 Å². The fraction of sp³-hybridized carbons (Fsp3) is 0.304. The summed E-state index contributed by atoms with van der Waals surface area (Å²) in [6.45, 7) is 5.14. The molecule has 2 amide bonds. The Bertz CT molecular complexity index is 2130. The van der Waals surface area contributed by atoms with Gasteiger partial charge >= 0.3 is 0 Å². The Morgan fingerprint density at radius 2 is 0.966 bits per heavy atom. The highest BCUT2D eigenvalue weighted by Crippen LogP contribution is 2.37. The minimum Gasteiger partial charge on any atom is -0.340 e. The first kappa shape index (κ1) is 38.9. The number of nitrogens with one attached hydrogen (secondary N) is 4. The molecule has 298 valence electrons. The van der Waals surface area contributed by atoms with Gasteiger partial charge in [0, 0.05) is 12.8 Å². The molecule has 2 aromatic heterocycles. The fourth-order valence-corrected chi connectivity index (χ4v) is 8.29. The van der Waals surface area contributed by atoms with Crippen molar-refractivity contribution in [3.8, 4) is 33.6 Å². The SMILES string of the molecule is CCN[C@@H](C(=O)N1C[C@@H](F)C[C@H]1c1ncc(-c2ccc(-c3ccc(-c4cnc([C@@H]5C[C@H](F)CN5C(=O)[C@H](NCC)c5ccccc5)[nH]4)cc3)cc2)[nH]1)c1ccccc1. The van der Waals surface area contributed by atoms with Gasteiger partial charge in [0.2, 0.25) is 11.8 Å². The van der Waals surface area contributed by atoms with Crippen LogP contribution in [0.4, 0.5) is 8.78 Å². The van der Waals surface area contributed by atoms with Crippen molar-refractivity contribution < 1.29 is 18.4 Å². The first-order valence-electron chi connectivity index (χ1n) is 20.1. The summed E-state index contributed by atoms with van der Waals surface area (Å²) in [7, 11) is 0. The van der Waals surface area contributed by atoms with Gasteiger partial charge in [-0.2, -0.15) is 0 Å². The zero-order valence-electron chi connectivity index (χ0n) is 32.6. The minimum absolute atomic E-state index is 0.0234. The van der Waals surface area contributed by atoms with Crippen LogP contribution in [0.5, 0.6) is 0 Å². The number of hydrogen-bond donors (Lipinski definition) is 4. The lowest BCUT2D eigenvalue weighted by molar-refractivity contribution is -0.135. The van der Waals surface area contributed by atoms with Crippen molar-refractivity contribution in [2.24, 2.45) is 0 Å². The van der Waals surface area contributed by atoms with Gasteiger partial charge in [-0.05, 0) is 46.5 Å². The molecular weight excluding hydrogens is 735 g/mol.